The van der Waals surface area contributed by atoms with Crippen molar-refractivity contribution in [1.82, 2.24) is 29.2 Å². The molecule has 1 amide bonds. The Hall–Kier alpha value is -3.27. The van der Waals surface area contributed by atoms with Gasteiger partial charge in [-0.05, 0) is 53.4 Å². The maximum Gasteiger partial charge on any atom is 0.329 e. The van der Waals surface area contributed by atoms with Gasteiger partial charge in [-0.3, -0.25) is 19.1 Å². The molecule has 164 valence electrons. The number of aromatic amines is 1. The van der Waals surface area contributed by atoms with Crippen LogP contribution in [0.1, 0.15) is 53.8 Å². The average Bonchev–Trinajstić information content (AvgIpc) is 3.54. The molecule has 0 atom stereocenters. The normalized spacial score (nSPS) is 13.7. The Morgan fingerprint density at radius 2 is 2.06 bits per heavy atom. The SMILES string of the molecule is CCCn1c(=O)[nH]c(=O)c2c(C(=O)NCc3cn4cc(Br)ccc4n3)cc(C3CC3)nc21. The number of fused-ring (bicyclic) bond motifs is 2. The van der Waals surface area contributed by atoms with Crippen molar-refractivity contribution in [2.24, 2.45) is 0 Å². The summed E-state index contributed by atoms with van der Waals surface area (Å²) in [5, 5.41) is 3.01. The van der Waals surface area contributed by atoms with Crippen LogP contribution in [-0.2, 0) is 13.1 Å². The molecule has 0 saturated heterocycles. The summed E-state index contributed by atoms with van der Waals surface area (Å²) in [7, 11) is 0. The summed E-state index contributed by atoms with van der Waals surface area (Å²) in [6.45, 7) is 2.55. The number of hydrogen-bond donors (Lipinski definition) is 2. The lowest BCUT2D eigenvalue weighted by molar-refractivity contribution is 0.0952. The number of amides is 1. The van der Waals surface area contributed by atoms with Gasteiger partial charge in [-0.1, -0.05) is 6.92 Å². The molecule has 0 aliphatic heterocycles. The fourth-order valence-corrected chi connectivity index (χ4v) is 4.21. The maximum atomic E-state index is 13.2. The van der Waals surface area contributed by atoms with Crippen molar-refractivity contribution in [3.63, 3.8) is 0 Å². The van der Waals surface area contributed by atoms with Gasteiger partial charge in [-0.2, -0.15) is 0 Å². The highest BCUT2D eigenvalue weighted by atomic mass is 79.9. The molecule has 4 heterocycles. The van der Waals surface area contributed by atoms with Crippen molar-refractivity contribution in [3.05, 3.63) is 72.9 Å². The van der Waals surface area contributed by atoms with E-state index in [9.17, 15) is 14.4 Å². The number of pyridine rings is 2. The molecule has 0 bridgehead atoms. The third kappa shape index (κ3) is 3.75. The summed E-state index contributed by atoms with van der Waals surface area (Å²) in [6.07, 6.45) is 6.39. The highest BCUT2D eigenvalue weighted by Crippen LogP contribution is 2.39. The van der Waals surface area contributed by atoms with Gasteiger partial charge in [0.1, 0.15) is 5.65 Å². The van der Waals surface area contributed by atoms with E-state index in [1.807, 2.05) is 35.9 Å². The first-order chi connectivity index (χ1) is 15.4. The van der Waals surface area contributed by atoms with Crippen LogP contribution < -0.4 is 16.6 Å². The molecule has 0 unspecified atom stereocenters. The Kier molecular flexibility index (Phi) is 5.16. The van der Waals surface area contributed by atoms with Crippen LogP contribution in [0.3, 0.4) is 0 Å². The Labute approximate surface area is 190 Å². The van der Waals surface area contributed by atoms with Crippen molar-refractivity contribution in [2.45, 2.75) is 45.2 Å². The molecular formula is C22H21BrN6O3. The number of hydrogen-bond acceptors (Lipinski definition) is 5. The predicted molar refractivity (Wildman–Crippen MR) is 123 cm³/mol. The monoisotopic (exact) mass is 496 g/mol. The lowest BCUT2D eigenvalue weighted by atomic mass is 10.1. The van der Waals surface area contributed by atoms with Gasteiger partial charge in [-0.25, -0.2) is 14.8 Å². The minimum Gasteiger partial charge on any atom is -0.346 e. The number of nitrogens with zero attached hydrogens (tertiary/aromatic N) is 4. The summed E-state index contributed by atoms with van der Waals surface area (Å²) >= 11 is 3.43. The molecule has 1 saturated carbocycles. The molecule has 2 N–H and O–H groups in total. The zero-order valence-corrected chi connectivity index (χ0v) is 19.0. The second-order valence-electron chi connectivity index (χ2n) is 8.01. The number of imidazole rings is 1. The summed E-state index contributed by atoms with van der Waals surface area (Å²) in [4.78, 5) is 49.7. The van der Waals surface area contributed by atoms with Crippen molar-refractivity contribution in [1.29, 1.82) is 0 Å². The Morgan fingerprint density at radius 3 is 2.81 bits per heavy atom. The molecule has 0 aromatic carbocycles. The molecule has 1 aliphatic carbocycles. The van der Waals surface area contributed by atoms with E-state index in [0.29, 0.717) is 18.7 Å². The van der Waals surface area contributed by atoms with Gasteiger partial charge in [0.15, 0.2) is 5.65 Å². The summed E-state index contributed by atoms with van der Waals surface area (Å²) < 4.78 is 4.23. The fourth-order valence-electron chi connectivity index (χ4n) is 3.86. The van der Waals surface area contributed by atoms with E-state index in [2.05, 4.69) is 36.2 Å². The van der Waals surface area contributed by atoms with Crippen molar-refractivity contribution in [3.8, 4) is 0 Å². The topological polar surface area (TPSA) is 114 Å². The average molecular weight is 497 g/mol. The molecule has 1 aliphatic rings. The number of halogens is 1. The van der Waals surface area contributed by atoms with Gasteiger partial charge >= 0.3 is 5.69 Å². The van der Waals surface area contributed by atoms with E-state index in [4.69, 9.17) is 0 Å². The van der Waals surface area contributed by atoms with Crippen LogP contribution in [0, 0.1) is 0 Å². The number of nitrogens with one attached hydrogen (secondary N) is 2. The molecule has 4 aromatic heterocycles. The third-order valence-electron chi connectivity index (χ3n) is 5.55. The van der Waals surface area contributed by atoms with E-state index in [-0.39, 0.29) is 29.1 Å². The van der Waals surface area contributed by atoms with E-state index >= 15 is 0 Å². The van der Waals surface area contributed by atoms with Crippen LogP contribution in [-0.4, -0.2) is 29.8 Å². The first kappa shape index (κ1) is 20.6. The smallest absolute Gasteiger partial charge is 0.329 e. The Bertz CT molecular complexity index is 1480. The molecule has 0 spiro atoms. The lowest BCUT2D eigenvalue weighted by Crippen LogP contribution is -2.33. The lowest BCUT2D eigenvalue weighted by Gasteiger charge is -2.13. The number of carbonyl (C=O) groups is 1. The Balaban J connectivity index is 1.54. The van der Waals surface area contributed by atoms with Gasteiger partial charge in [0, 0.05) is 35.0 Å². The van der Waals surface area contributed by atoms with Crippen LogP contribution in [0.5, 0.6) is 0 Å². The fraction of sp³-hybridized carbons (Fsp3) is 0.318. The number of aryl methyl sites for hydroxylation is 1. The zero-order chi connectivity index (χ0) is 22.4. The first-order valence-electron chi connectivity index (χ1n) is 10.5. The van der Waals surface area contributed by atoms with Gasteiger partial charge in [0.2, 0.25) is 0 Å². The molecule has 32 heavy (non-hydrogen) atoms. The molecule has 0 radical (unpaired) electrons. The van der Waals surface area contributed by atoms with E-state index < -0.39 is 17.2 Å². The molecule has 9 nitrogen and oxygen atoms in total. The second-order valence-corrected chi connectivity index (χ2v) is 8.92. The standard InChI is InChI=1S/C22H21BrN6O3/c1-2-7-29-19-18(21(31)27-22(29)32)15(8-16(26-19)12-3-4-12)20(30)24-9-14-11-28-10-13(23)5-6-17(28)25-14/h5-6,8,10-12H,2-4,7,9H2,1H3,(H,24,30)(H,27,31,32). The molecule has 1 fully saturated rings. The minimum atomic E-state index is -0.602. The highest BCUT2D eigenvalue weighted by Gasteiger charge is 2.28. The van der Waals surface area contributed by atoms with E-state index in [1.54, 1.807) is 6.07 Å². The molecular weight excluding hydrogens is 476 g/mol. The largest absolute Gasteiger partial charge is 0.346 e. The van der Waals surface area contributed by atoms with Crippen LogP contribution in [0.4, 0.5) is 0 Å². The number of rotatable bonds is 6. The van der Waals surface area contributed by atoms with Gasteiger partial charge in [-0.15, -0.1) is 0 Å². The maximum absolute atomic E-state index is 13.2. The number of H-pyrrole nitrogens is 1. The summed E-state index contributed by atoms with van der Waals surface area (Å²) in [5.41, 5.74) is 1.59. The van der Waals surface area contributed by atoms with Crippen LogP contribution in [0.25, 0.3) is 16.7 Å². The minimum absolute atomic E-state index is 0.138. The molecule has 5 rings (SSSR count). The van der Waals surface area contributed by atoms with Gasteiger partial charge in [0.05, 0.1) is 23.2 Å². The van der Waals surface area contributed by atoms with Crippen molar-refractivity contribution < 1.29 is 4.79 Å². The number of carbonyl (C=O) groups excluding carboxylic acids is 1. The van der Waals surface area contributed by atoms with E-state index in [0.717, 1.165) is 28.7 Å². The van der Waals surface area contributed by atoms with Crippen LogP contribution in [0.15, 0.2) is 44.7 Å². The quantitative estimate of drug-likeness (QED) is 0.425. The van der Waals surface area contributed by atoms with Crippen LogP contribution in [0.2, 0.25) is 0 Å². The van der Waals surface area contributed by atoms with Crippen LogP contribution >= 0.6 is 15.9 Å². The zero-order valence-electron chi connectivity index (χ0n) is 17.4. The predicted octanol–water partition coefficient (Wildman–Crippen LogP) is 2.71. The van der Waals surface area contributed by atoms with Gasteiger partial charge < -0.3 is 9.72 Å². The third-order valence-corrected chi connectivity index (χ3v) is 6.02. The number of aromatic nitrogens is 5. The van der Waals surface area contributed by atoms with Gasteiger partial charge in [0.25, 0.3) is 11.5 Å². The molecule has 4 aromatic rings. The summed E-state index contributed by atoms with van der Waals surface area (Å²) in [6, 6.07) is 5.46. The summed E-state index contributed by atoms with van der Waals surface area (Å²) in [5.74, 6) is -0.142. The van der Waals surface area contributed by atoms with Crippen molar-refractivity contribution >= 4 is 38.5 Å². The first-order valence-corrected chi connectivity index (χ1v) is 11.3. The van der Waals surface area contributed by atoms with E-state index in [1.165, 1.54) is 4.57 Å². The Morgan fingerprint density at radius 1 is 1.25 bits per heavy atom. The molecule has 10 heteroatoms. The second kappa shape index (κ2) is 8.01. The van der Waals surface area contributed by atoms with Crippen molar-refractivity contribution in [2.75, 3.05) is 0 Å². The highest BCUT2D eigenvalue weighted by molar-refractivity contribution is 9.10.